The molecule has 0 bridgehead atoms. The Labute approximate surface area is 166 Å². The van der Waals surface area contributed by atoms with E-state index in [1.54, 1.807) is 18.2 Å². The van der Waals surface area contributed by atoms with Crippen molar-refractivity contribution in [2.45, 2.75) is 19.8 Å². The second kappa shape index (κ2) is 7.51. The number of halogens is 2. The van der Waals surface area contributed by atoms with Crippen LogP contribution in [0.2, 0.25) is 0 Å². The Morgan fingerprint density at radius 3 is 2.45 bits per heavy atom. The van der Waals surface area contributed by atoms with Crippen LogP contribution in [0, 0.1) is 18.6 Å². The van der Waals surface area contributed by atoms with Gasteiger partial charge in [-0.25, -0.2) is 8.78 Å². The fourth-order valence-electron chi connectivity index (χ4n) is 3.75. The van der Waals surface area contributed by atoms with Crippen molar-refractivity contribution >= 4 is 16.7 Å². The second-order valence-electron chi connectivity index (χ2n) is 7.00. The molecular weight excluding hydrogens is 372 g/mol. The number of hydrogen-bond donors (Lipinski definition) is 1. The monoisotopic (exact) mass is 391 g/mol. The Kier molecular flexibility index (Phi) is 4.89. The number of carbonyl (C=O) groups excluding carboxylic acids is 1. The standard InChI is InChI=1S/C24H19F2NO2/c1-15-24(23(29)12-8-16-7-10-20(25)21(26)13-16)19-14-18(28)9-11-22(19)27(15)17-5-3-2-4-6-17/h2-7,9-11,13-14,28H,8,12H2,1H3. The first kappa shape index (κ1) is 18.9. The lowest BCUT2D eigenvalue weighted by molar-refractivity contribution is 0.0983. The van der Waals surface area contributed by atoms with E-state index in [1.165, 1.54) is 6.07 Å². The second-order valence-corrected chi connectivity index (χ2v) is 7.00. The van der Waals surface area contributed by atoms with E-state index in [4.69, 9.17) is 0 Å². The summed E-state index contributed by atoms with van der Waals surface area (Å²) in [5, 5.41) is 10.6. The van der Waals surface area contributed by atoms with Gasteiger partial charge in [-0.15, -0.1) is 0 Å². The average molecular weight is 391 g/mol. The van der Waals surface area contributed by atoms with Gasteiger partial charge in [-0.3, -0.25) is 4.79 Å². The Morgan fingerprint density at radius 2 is 1.72 bits per heavy atom. The number of para-hydroxylation sites is 1. The van der Waals surface area contributed by atoms with Crippen LogP contribution in [0.1, 0.15) is 28.0 Å². The van der Waals surface area contributed by atoms with Crippen molar-refractivity contribution in [1.29, 1.82) is 0 Å². The van der Waals surface area contributed by atoms with Crippen LogP contribution in [0.15, 0.2) is 66.7 Å². The van der Waals surface area contributed by atoms with Crippen LogP contribution in [-0.4, -0.2) is 15.5 Å². The molecule has 4 rings (SSSR count). The number of aromatic hydroxyl groups is 1. The molecule has 1 aromatic heterocycles. The molecule has 0 fully saturated rings. The smallest absolute Gasteiger partial charge is 0.165 e. The number of rotatable bonds is 5. The van der Waals surface area contributed by atoms with Crippen LogP contribution in [-0.2, 0) is 6.42 Å². The fourth-order valence-corrected chi connectivity index (χ4v) is 3.75. The number of hydrogen-bond acceptors (Lipinski definition) is 2. The van der Waals surface area contributed by atoms with Gasteiger partial charge in [-0.2, -0.15) is 0 Å². The highest BCUT2D eigenvalue weighted by Crippen LogP contribution is 2.32. The lowest BCUT2D eigenvalue weighted by Gasteiger charge is -2.08. The van der Waals surface area contributed by atoms with E-state index in [0.29, 0.717) is 22.9 Å². The minimum Gasteiger partial charge on any atom is -0.508 e. The van der Waals surface area contributed by atoms with Crippen LogP contribution >= 0.6 is 0 Å². The molecule has 0 aliphatic rings. The molecule has 5 heteroatoms. The summed E-state index contributed by atoms with van der Waals surface area (Å²) in [5.74, 6) is -1.86. The summed E-state index contributed by atoms with van der Waals surface area (Å²) in [6.45, 7) is 1.87. The molecule has 1 N–H and O–H groups in total. The predicted molar refractivity (Wildman–Crippen MR) is 109 cm³/mol. The van der Waals surface area contributed by atoms with Crippen molar-refractivity contribution in [2.24, 2.45) is 0 Å². The number of carbonyl (C=O) groups is 1. The number of benzene rings is 3. The van der Waals surface area contributed by atoms with Crippen LogP contribution in [0.25, 0.3) is 16.6 Å². The topological polar surface area (TPSA) is 42.2 Å². The van der Waals surface area contributed by atoms with Crippen molar-refractivity contribution < 1.29 is 18.7 Å². The number of aromatic nitrogens is 1. The summed E-state index contributed by atoms with van der Waals surface area (Å²) in [5.41, 5.74) is 3.60. The fraction of sp³-hybridized carbons (Fsp3) is 0.125. The zero-order valence-electron chi connectivity index (χ0n) is 15.8. The molecule has 0 radical (unpaired) electrons. The minimum atomic E-state index is -0.920. The predicted octanol–water partition coefficient (Wildman–Crippen LogP) is 5.74. The highest BCUT2D eigenvalue weighted by molar-refractivity contribution is 6.10. The molecule has 0 amide bonds. The largest absolute Gasteiger partial charge is 0.508 e. The quantitative estimate of drug-likeness (QED) is 0.441. The minimum absolute atomic E-state index is 0.0809. The van der Waals surface area contributed by atoms with Crippen molar-refractivity contribution in [3.8, 4) is 11.4 Å². The summed E-state index contributed by atoms with van der Waals surface area (Å²) < 4.78 is 28.6. The van der Waals surface area contributed by atoms with Gasteiger partial charge < -0.3 is 9.67 Å². The number of aryl methyl sites for hydroxylation is 1. The van der Waals surface area contributed by atoms with Gasteiger partial charge >= 0.3 is 0 Å². The van der Waals surface area contributed by atoms with Crippen molar-refractivity contribution in [3.05, 3.63) is 95.2 Å². The molecule has 0 spiro atoms. The van der Waals surface area contributed by atoms with E-state index < -0.39 is 11.6 Å². The summed E-state index contributed by atoms with van der Waals surface area (Å²) in [6, 6.07) is 18.3. The van der Waals surface area contributed by atoms with Gasteiger partial charge in [0.25, 0.3) is 0 Å². The third-order valence-corrected chi connectivity index (χ3v) is 5.11. The highest BCUT2D eigenvalue weighted by Gasteiger charge is 2.21. The first-order chi connectivity index (χ1) is 14.0. The van der Waals surface area contributed by atoms with Crippen molar-refractivity contribution in [1.82, 2.24) is 4.57 Å². The van der Waals surface area contributed by atoms with E-state index in [2.05, 4.69) is 0 Å². The number of nitrogens with zero attached hydrogens (tertiary/aromatic N) is 1. The van der Waals surface area contributed by atoms with Crippen LogP contribution in [0.3, 0.4) is 0 Å². The zero-order chi connectivity index (χ0) is 20.5. The van der Waals surface area contributed by atoms with Crippen molar-refractivity contribution in [2.75, 3.05) is 0 Å². The van der Waals surface area contributed by atoms with Gasteiger partial charge in [0.2, 0.25) is 0 Å². The normalized spacial score (nSPS) is 11.1. The number of phenolic OH excluding ortho intramolecular Hbond substituents is 1. The average Bonchev–Trinajstić information content (AvgIpc) is 3.00. The zero-order valence-corrected chi connectivity index (χ0v) is 15.8. The van der Waals surface area contributed by atoms with Gasteiger partial charge in [0.1, 0.15) is 5.75 Å². The molecule has 0 saturated heterocycles. The SMILES string of the molecule is Cc1c(C(=O)CCc2ccc(F)c(F)c2)c2cc(O)ccc2n1-c1ccccc1. The summed E-state index contributed by atoms with van der Waals surface area (Å²) >= 11 is 0. The van der Waals surface area contributed by atoms with E-state index in [1.807, 2.05) is 41.8 Å². The van der Waals surface area contributed by atoms with Gasteiger partial charge in [0.05, 0.1) is 5.52 Å². The lowest BCUT2D eigenvalue weighted by Crippen LogP contribution is -2.05. The molecule has 29 heavy (non-hydrogen) atoms. The first-order valence-electron chi connectivity index (χ1n) is 9.32. The molecule has 0 aliphatic carbocycles. The number of Topliss-reactive ketones (excluding diaryl/α,β-unsaturated/α-hetero) is 1. The molecule has 0 aliphatic heterocycles. The van der Waals surface area contributed by atoms with E-state index in [9.17, 15) is 18.7 Å². The maximum Gasteiger partial charge on any atom is 0.165 e. The molecule has 4 aromatic rings. The molecule has 1 heterocycles. The number of phenols is 1. The Bertz CT molecular complexity index is 1210. The van der Waals surface area contributed by atoms with Crippen molar-refractivity contribution in [3.63, 3.8) is 0 Å². The maximum atomic E-state index is 13.4. The molecule has 0 unspecified atom stereocenters. The number of ketones is 1. The van der Waals surface area contributed by atoms with E-state index in [0.717, 1.165) is 29.0 Å². The summed E-state index contributed by atoms with van der Waals surface area (Å²) in [4.78, 5) is 13.1. The molecule has 3 nitrogen and oxygen atoms in total. The van der Waals surface area contributed by atoms with E-state index >= 15 is 0 Å². The Hall–Kier alpha value is -3.47. The molecular formula is C24H19F2NO2. The van der Waals surface area contributed by atoms with Gasteiger partial charge in [-0.1, -0.05) is 24.3 Å². The van der Waals surface area contributed by atoms with Crippen LogP contribution in [0.5, 0.6) is 5.75 Å². The molecule has 3 aromatic carbocycles. The van der Waals surface area contributed by atoms with Crippen LogP contribution < -0.4 is 0 Å². The lowest BCUT2D eigenvalue weighted by atomic mass is 10.00. The highest BCUT2D eigenvalue weighted by atomic mass is 19.2. The summed E-state index contributed by atoms with van der Waals surface area (Å²) in [7, 11) is 0. The number of fused-ring (bicyclic) bond motifs is 1. The van der Waals surface area contributed by atoms with Gasteiger partial charge in [0.15, 0.2) is 17.4 Å². The molecule has 0 saturated carbocycles. The Balaban J connectivity index is 1.74. The third kappa shape index (κ3) is 3.51. The van der Waals surface area contributed by atoms with E-state index in [-0.39, 0.29) is 18.0 Å². The summed E-state index contributed by atoms with van der Waals surface area (Å²) in [6.07, 6.45) is 0.446. The van der Waals surface area contributed by atoms with Gasteiger partial charge in [-0.05, 0) is 61.4 Å². The Morgan fingerprint density at radius 1 is 0.966 bits per heavy atom. The third-order valence-electron chi connectivity index (χ3n) is 5.11. The maximum absolute atomic E-state index is 13.4. The van der Waals surface area contributed by atoms with Crippen LogP contribution in [0.4, 0.5) is 8.78 Å². The molecule has 0 atom stereocenters. The molecule has 146 valence electrons. The van der Waals surface area contributed by atoms with Gasteiger partial charge in [0, 0.05) is 28.8 Å². The first-order valence-corrected chi connectivity index (χ1v) is 9.32.